The molecule has 0 spiro atoms. The Morgan fingerprint density at radius 1 is 1.06 bits per heavy atom. The van der Waals surface area contributed by atoms with Gasteiger partial charge in [0.05, 0.1) is 18.8 Å². The molecule has 10 heteroatoms. The highest BCUT2D eigenvalue weighted by atomic mass is 19.2. The van der Waals surface area contributed by atoms with Crippen molar-refractivity contribution in [2.24, 2.45) is 5.92 Å². The van der Waals surface area contributed by atoms with Gasteiger partial charge in [0.1, 0.15) is 35.1 Å². The Balaban J connectivity index is 1.21. The van der Waals surface area contributed by atoms with Crippen molar-refractivity contribution in [2.75, 3.05) is 11.9 Å². The monoisotopic (exact) mass is 445 g/mol. The zero-order chi connectivity index (χ0) is 22.4. The number of nitrogens with zero attached hydrogens (tertiary/aromatic N) is 1. The molecule has 164 valence electrons. The van der Waals surface area contributed by atoms with Crippen LogP contribution in [-0.2, 0) is 4.74 Å². The minimum absolute atomic E-state index is 0.0887. The van der Waals surface area contributed by atoms with Crippen LogP contribution in [-0.4, -0.2) is 29.8 Å². The van der Waals surface area contributed by atoms with E-state index in [2.05, 4.69) is 15.6 Å². The summed E-state index contributed by atoms with van der Waals surface area (Å²) in [6, 6.07) is 5.02. The lowest BCUT2D eigenvalue weighted by atomic mass is 9.99. The van der Waals surface area contributed by atoms with E-state index in [4.69, 9.17) is 9.47 Å². The first-order valence-corrected chi connectivity index (χ1v) is 9.66. The van der Waals surface area contributed by atoms with E-state index in [0.717, 1.165) is 24.3 Å². The van der Waals surface area contributed by atoms with Gasteiger partial charge >= 0.3 is 6.03 Å². The van der Waals surface area contributed by atoms with Gasteiger partial charge in [0.25, 0.3) is 0 Å². The van der Waals surface area contributed by atoms with E-state index < -0.39 is 41.5 Å². The molecule has 0 radical (unpaired) electrons. The Kier molecular flexibility index (Phi) is 4.93. The largest absolute Gasteiger partial charge is 0.456 e. The first-order valence-electron chi connectivity index (χ1n) is 9.66. The molecule has 3 atom stereocenters. The normalized spacial score (nSPS) is 23.4. The number of hydrogen-bond donors (Lipinski definition) is 2. The summed E-state index contributed by atoms with van der Waals surface area (Å²) in [6.07, 6.45) is 2.31. The second-order valence-corrected chi connectivity index (χ2v) is 7.39. The van der Waals surface area contributed by atoms with Gasteiger partial charge in [-0.2, -0.15) is 0 Å². The van der Waals surface area contributed by atoms with Gasteiger partial charge in [0, 0.05) is 17.6 Å². The Morgan fingerprint density at radius 3 is 2.62 bits per heavy atom. The molecule has 0 saturated heterocycles. The van der Waals surface area contributed by atoms with Crippen LogP contribution in [0.15, 0.2) is 71.5 Å². The number of fused-ring (bicyclic) bond motifs is 2. The van der Waals surface area contributed by atoms with E-state index in [-0.39, 0.29) is 35.4 Å². The summed E-state index contributed by atoms with van der Waals surface area (Å²) < 4.78 is 65.1. The van der Waals surface area contributed by atoms with Crippen LogP contribution in [0.4, 0.5) is 28.2 Å². The number of hydrogen-bond acceptors (Lipinski definition) is 4. The van der Waals surface area contributed by atoms with Gasteiger partial charge in [-0.1, -0.05) is 0 Å². The van der Waals surface area contributed by atoms with Gasteiger partial charge in [-0.05, 0) is 42.0 Å². The molecule has 3 aliphatic rings. The fraction of sp³-hybridized carbons (Fsp3) is 0.182. The van der Waals surface area contributed by atoms with Gasteiger partial charge in [0.2, 0.25) is 0 Å². The molecular weight excluding hydrogens is 430 g/mol. The highest BCUT2D eigenvalue weighted by Crippen LogP contribution is 2.50. The molecule has 1 unspecified atom stereocenters. The van der Waals surface area contributed by atoms with E-state index in [1.54, 1.807) is 0 Å². The van der Waals surface area contributed by atoms with Crippen molar-refractivity contribution < 1.29 is 31.8 Å². The van der Waals surface area contributed by atoms with Crippen LogP contribution in [0.2, 0.25) is 0 Å². The maximum atomic E-state index is 14.2. The minimum atomic E-state index is -1.06. The van der Waals surface area contributed by atoms with Crippen molar-refractivity contribution in [1.29, 1.82) is 0 Å². The number of halogens is 4. The first-order chi connectivity index (χ1) is 15.4. The van der Waals surface area contributed by atoms with Crippen LogP contribution < -0.4 is 15.4 Å². The van der Waals surface area contributed by atoms with Crippen molar-refractivity contribution in [3.05, 3.63) is 83.1 Å². The quantitative estimate of drug-likeness (QED) is 0.670. The number of pyridine rings is 1. The molecule has 1 fully saturated rings. The van der Waals surface area contributed by atoms with E-state index in [9.17, 15) is 22.4 Å². The number of urea groups is 1. The summed E-state index contributed by atoms with van der Waals surface area (Å²) in [5.74, 6) is -2.84. The predicted molar refractivity (Wildman–Crippen MR) is 105 cm³/mol. The van der Waals surface area contributed by atoms with Crippen LogP contribution in [0.5, 0.6) is 11.5 Å². The lowest BCUT2D eigenvalue weighted by molar-refractivity contribution is 0.0692. The number of nitrogens with one attached hydrogen (secondary N) is 2. The van der Waals surface area contributed by atoms with Gasteiger partial charge in [-0.25, -0.2) is 27.3 Å². The molecule has 2 aromatic rings. The van der Waals surface area contributed by atoms with Crippen LogP contribution >= 0.6 is 0 Å². The maximum Gasteiger partial charge on any atom is 0.320 e. The lowest BCUT2D eigenvalue weighted by Crippen LogP contribution is -2.32. The van der Waals surface area contributed by atoms with Gasteiger partial charge in [-0.15, -0.1) is 0 Å². The highest BCUT2D eigenvalue weighted by Gasteiger charge is 2.53. The van der Waals surface area contributed by atoms with E-state index in [0.29, 0.717) is 5.57 Å². The molecule has 2 aliphatic carbocycles. The average Bonchev–Trinajstić information content (AvgIpc) is 3.47. The second-order valence-electron chi connectivity index (χ2n) is 7.39. The van der Waals surface area contributed by atoms with Gasteiger partial charge < -0.3 is 14.8 Å². The van der Waals surface area contributed by atoms with Crippen molar-refractivity contribution in [2.45, 2.75) is 12.1 Å². The fourth-order valence-corrected chi connectivity index (χ4v) is 3.78. The standard InChI is InChI=1S/C22H15F4N3O3/c23-13-3-1-10(7-16(13)26)32-11-2-6-17(27-8-11)28-22(30)29-20-12-9-31-21-15(25)5-4-14(24)19(21)18(12)20/h1-8,12,20-21H,9H2,(H2,27,28,29,30)/t12-,20+,21?/m1/s1. The number of carbonyl (C=O) groups excluding carboxylic acids is 1. The molecular formula is C22H15F4N3O3. The molecule has 0 bridgehead atoms. The average molecular weight is 445 g/mol. The first kappa shape index (κ1) is 20.3. The van der Waals surface area contributed by atoms with Crippen LogP contribution in [0.1, 0.15) is 0 Å². The molecule has 2 amide bonds. The summed E-state index contributed by atoms with van der Waals surface area (Å²) in [4.78, 5) is 16.4. The molecule has 5 rings (SSSR count). The Morgan fingerprint density at radius 2 is 1.88 bits per heavy atom. The SMILES string of the molecule is O=C(Nc1ccc(Oc2ccc(F)c(F)c2)cn1)N[C@@H]1C2=C3C(F)=CC=C(F)C3OC[C@H]21. The Bertz CT molecular complexity index is 1190. The molecule has 2 heterocycles. The number of ether oxygens (including phenoxy) is 2. The summed E-state index contributed by atoms with van der Waals surface area (Å²) >= 11 is 0. The van der Waals surface area contributed by atoms with Crippen LogP contribution in [0.25, 0.3) is 0 Å². The summed E-state index contributed by atoms with van der Waals surface area (Å²) in [5.41, 5.74) is 0.764. The third-order valence-electron chi connectivity index (χ3n) is 5.33. The number of carbonyl (C=O) groups is 1. The summed E-state index contributed by atoms with van der Waals surface area (Å²) in [7, 11) is 0. The zero-order valence-corrected chi connectivity index (χ0v) is 16.2. The lowest BCUT2D eigenvalue weighted by Gasteiger charge is -2.23. The second kappa shape index (κ2) is 7.79. The number of allylic oxidation sites excluding steroid dienone is 2. The Hall–Kier alpha value is -3.66. The third-order valence-corrected chi connectivity index (χ3v) is 5.33. The Labute approximate surface area is 179 Å². The smallest absolute Gasteiger partial charge is 0.320 e. The molecule has 32 heavy (non-hydrogen) atoms. The number of amides is 2. The summed E-state index contributed by atoms with van der Waals surface area (Å²) in [5, 5.41) is 5.25. The molecule has 1 saturated carbocycles. The van der Waals surface area contributed by atoms with Crippen LogP contribution in [0.3, 0.4) is 0 Å². The molecule has 6 nitrogen and oxygen atoms in total. The number of aromatic nitrogens is 1. The van der Waals surface area contributed by atoms with Crippen molar-refractivity contribution in [3.8, 4) is 11.5 Å². The summed E-state index contributed by atoms with van der Waals surface area (Å²) in [6.45, 7) is 0.178. The predicted octanol–water partition coefficient (Wildman–Crippen LogP) is 4.69. The van der Waals surface area contributed by atoms with Crippen LogP contribution in [0, 0.1) is 17.6 Å². The highest BCUT2D eigenvalue weighted by molar-refractivity contribution is 5.89. The minimum Gasteiger partial charge on any atom is -0.456 e. The zero-order valence-electron chi connectivity index (χ0n) is 16.2. The van der Waals surface area contributed by atoms with Crippen molar-refractivity contribution in [3.63, 3.8) is 0 Å². The number of anilines is 1. The van der Waals surface area contributed by atoms with E-state index in [1.165, 1.54) is 24.4 Å². The van der Waals surface area contributed by atoms with Crippen molar-refractivity contribution >= 4 is 11.8 Å². The van der Waals surface area contributed by atoms with Gasteiger partial charge in [0.15, 0.2) is 11.6 Å². The molecule has 1 aromatic heterocycles. The fourth-order valence-electron chi connectivity index (χ4n) is 3.78. The molecule has 2 N–H and O–H groups in total. The maximum absolute atomic E-state index is 14.2. The number of rotatable bonds is 4. The topological polar surface area (TPSA) is 72.5 Å². The third kappa shape index (κ3) is 3.73. The number of benzene rings is 1. The van der Waals surface area contributed by atoms with Crippen molar-refractivity contribution in [1.82, 2.24) is 10.3 Å². The van der Waals surface area contributed by atoms with Gasteiger partial charge in [-0.3, -0.25) is 5.32 Å². The molecule has 1 aliphatic heterocycles. The molecule has 1 aromatic carbocycles. The van der Waals surface area contributed by atoms with E-state index >= 15 is 0 Å². The van der Waals surface area contributed by atoms with E-state index in [1.807, 2.05) is 0 Å².